The van der Waals surface area contributed by atoms with E-state index in [4.69, 9.17) is 4.99 Å². The fraction of sp³-hybridized carbons (Fsp3) is 0.480. The molecule has 0 saturated carbocycles. The van der Waals surface area contributed by atoms with Crippen molar-refractivity contribution in [2.45, 2.75) is 39.3 Å². The largest absolute Gasteiger partial charge is 0.363 e. The van der Waals surface area contributed by atoms with Crippen molar-refractivity contribution >= 4 is 28.4 Å². The number of likely N-dealkylation sites (N-methyl/N-ethyl adjacent to an activating group) is 1. The van der Waals surface area contributed by atoms with Gasteiger partial charge in [-0.3, -0.25) is 9.89 Å². The van der Waals surface area contributed by atoms with Gasteiger partial charge >= 0.3 is 0 Å². The van der Waals surface area contributed by atoms with Gasteiger partial charge in [0, 0.05) is 56.7 Å². The Hall–Kier alpha value is -2.17. The summed E-state index contributed by atoms with van der Waals surface area (Å²) in [7, 11) is 0. The highest BCUT2D eigenvalue weighted by Crippen LogP contribution is 2.38. The molecule has 3 heterocycles. The second-order valence-electron chi connectivity index (χ2n) is 8.83. The van der Waals surface area contributed by atoms with E-state index in [1.165, 1.54) is 53.4 Å². The zero-order valence-electron chi connectivity index (χ0n) is 17.8. The highest BCUT2D eigenvalue weighted by atomic mass is 15.3. The molecule has 0 spiro atoms. The molecule has 0 aliphatic carbocycles. The van der Waals surface area contributed by atoms with Gasteiger partial charge in [0.15, 0.2) is 0 Å². The number of fused-ring (bicyclic) bond motifs is 3. The molecular formula is C25H32N4. The van der Waals surface area contributed by atoms with Crippen molar-refractivity contribution < 1.29 is 0 Å². The van der Waals surface area contributed by atoms with Crippen LogP contribution in [0.1, 0.15) is 36.5 Å². The maximum absolute atomic E-state index is 4.87. The van der Waals surface area contributed by atoms with E-state index >= 15 is 0 Å². The number of nitrogens with zero attached hydrogens (tertiary/aromatic N) is 4. The van der Waals surface area contributed by atoms with Gasteiger partial charge in [0.2, 0.25) is 0 Å². The minimum atomic E-state index is 0.414. The van der Waals surface area contributed by atoms with Crippen LogP contribution in [-0.4, -0.2) is 66.2 Å². The molecule has 1 unspecified atom stereocenters. The van der Waals surface area contributed by atoms with Gasteiger partial charge in [-0.15, -0.1) is 0 Å². The van der Waals surface area contributed by atoms with E-state index in [0.717, 1.165) is 44.1 Å². The van der Waals surface area contributed by atoms with Crippen molar-refractivity contribution in [2.75, 3.05) is 39.3 Å². The van der Waals surface area contributed by atoms with Gasteiger partial charge in [-0.05, 0) is 66.4 Å². The van der Waals surface area contributed by atoms with Crippen LogP contribution >= 0.6 is 0 Å². The highest BCUT2D eigenvalue weighted by Gasteiger charge is 2.28. The van der Waals surface area contributed by atoms with Gasteiger partial charge in [-0.2, -0.15) is 0 Å². The lowest BCUT2D eigenvalue weighted by atomic mass is 9.97. The third-order valence-electron chi connectivity index (χ3n) is 7.06. The lowest BCUT2D eigenvalue weighted by Gasteiger charge is -2.34. The first-order valence-corrected chi connectivity index (χ1v) is 11.1. The van der Waals surface area contributed by atoms with Crippen LogP contribution in [0.4, 0.5) is 5.69 Å². The monoisotopic (exact) mass is 388 g/mol. The van der Waals surface area contributed by atoms with Crippen LogP contribution in [0.15, 0.2) is 35.8 Å². The Balaban J connectivity index is 1.46. The second kappa shape index (κ2) is 7.58. The summed E-state index contributed by atoms with van der Waals surface area (Å²) in [6.45, 7) is 16.9. The smallest absolute Gasteiger partial charge is 0.0725 e. The summed E-state index contributed by atoms with van der Waals surface area (Å²) in [5.74, 6) is 0. The van der Waals surface area contributed by atoms with Gasteiger partial charge in [0.05, 0.1) is 11.7 Å². The van der Waals surface area contributed by atoms with Gasteiger partial charge in [0.25, 0.3) is 0 Å². The first kappa shape index (κ1) is 18.8. The lowest BCUT2D eigenvalue weighted by molar-refractivity contribution is 0.132. The van der Waals surface area contributed by atoms with E-state index in [2.05, 4.69) is 65.6 Å². The van der Waals surface area contributed by atoms with E-state index in [1.54, 1.807) is 0 Å². The molecule has 3 aliphatic rings. The molecule has 2 saturated heterocycles. The van der Waals surface area contributed by atoms with Gasteiger partial charge in [0.1, 0.15) is 0 Å². The molecule has 0 bridgehead atoms. The van der Waals surface area contributed by atoms with E-state index in [1.807, 2.05) is 0 Å². The van der Waals surface area contributed by atoms with Crippen LogP contribution in [0.3, 0.4) is 0 Å². The number of piperazine rings is 1. The Morgan fingerprint density at radius 3 is 2.55 bits per heavy atom. The molecule has 2 aromatic rings. The Kier molecular flexibility index (Phi) is 4.92. The number of aliphatic imine (C=N–C) groups is 1. The summed E-state index contributed by atoms with van der Waals surface area (Å²) in [5.41, 5.74) is 6.23. The Morgan fingerprint density at radius 1 is 1.00 bits per heavy atom. The van der Waals surface area contributed by atoms with Crippen LogP contribution in [0.5, 0.6) is 0 Å². The standard InChI is InChI=1S/C25H32N4/c1-4-27-8-10-28(11-9-27)17-22-13-21-15-25-24(14-20(21)12-18(22)2)19(3)29-7-5-6-23(29)16-26-25/h12-16,23H,3-11,17H2,1-2H3. The molecular weight excluding hydrogens is 356 g/mol. The van der Waals surface area contributed by atoms with Gasteiger partial charge < -0.3 is 9.80 Å². The van der Waals surface area contributed by atoms with Gasteiger partial charge in [-0.1, -0.05) is 19.6 Å². The molecule has 5 rings (SSSR count). The predicted octanol–water partition coefficient (Wildman–Crippen LogP) is 4.44. The quantitative estimate of drug-likeness (QED) is 0.776. The fourth-order valence-corrected chi connectivity index (χ4v) is 5.12. The summed E-state index contributed by atoms with van der Waals surface area (Å²) in [6.07, 6.45) is 4.55. The number of hydrogen-bond acceptors (Lipinski definition) is 4. The average molecular weight is 389 g/mol. The summed E-state index contributed by atoms with van der Waals surface area (Å²) in [6, 6.07) is 9.74. The summed E-state index contributed by atoms with van der Waals surface area (Å²) >= 11 is 0. The van der Waals surface area contributed by atoms with Crippen LogP contribution in [0.2, 0.25) is 0 Å². The van der Waals surface area contributed by atoms with Crippen molar-refractivity contribution in [3.05, 3.63) is 47.5 Å². The lowest BCUT2D eigenvalue weighted by Crippen LogP contribution is -2.45. The van der Waals surface area contributed by atoms with Crippen LogP contribution in [-0.2, 0) is 6.54 Å². The first-order valence-electron chi connectivity index (χ1n) is 11.1. The summed E-state index contributed by atoms with van der Waals surface area (Å²) < 4.78 is 0. The fourth-order valence-electron chi connectivity index (χ4n) is 5.12. The molecule has 3 aliphatic heterocycles. The minimum absolute atomic E-state index is 0.414. The highest BCUT2D eigenvalue weighted by molar-refractivity contribution is 5.94. The number of rotatable bonds is 3. The van der Waals surface area contributed by atoms with Gasteiger partial charge in [-0.25, -0.2) is 0 Å². The summed E-state index contributed by atoms with van der Waals surface area (Å²) in [4.78, 5) is 12.4. The molecule has 4 nitrogen and oxygen atoms in total. The molecule has 29 heavy (non-hydrogen) atoms. The summed E-state index contributed by atoms with van der Waals surface area (Å²) in [5, 5.41) is 2.60. The maximum Gasteiger partial charge on any atom is 0.0725 e. The minimum Gasteiger partial charge on any atom is -0.363 e. The molecule has 4 heteroatoms. The number of hydrogen-bond donors (Lipinski definition) is 0. The van der Waals surface area contributed by atoms with Crippen molar-refractivity contribution in [3.63, 3.8) is 0 Å². The van der Waals surface area contributed by atoms with E-state index in [9.17, 15) is 0 Å². The topological polar surface area (TPSA) is 22.1 Å². The van der Waals surface area contributed by atoms with Crippen LogP contribution < -0.4 is 0 Å². The van der Waals surface area contributed by atoms with Crippen molar-refractivity contribution in [1.82, 2.24) is 14.7 Å². The number of benzene rings is 2. The van der Waals surface area contributed by atoms with Crippen LogP contribution in [0, 0.1) is 6.92 Å². The average Bonchev–Trinajstić information content (AvgIpc) is 3.16. The third-order valence-corrected chi connectivity index (χ3v) is 7.06. The SMILES string of the molecule is C=C1c2cc3cc(C)c(CN4CCN(CC)CC4)cc3cc2N=CC2CCCN12. The molecule has 0 amide bonds. The third kappa shape index (κ3) is 3.49. The van der Waals surface area contributed by atoms with E-state index in [-0.39, 0.29) is 0 Å². The maximum atomic E-state index is 4.87. The van der Waals surface area contributed by atoms with E-state index in [0.29, 0.717) is 6.04 Å². The molecule has 0 radical (unpaired) electrons. The number of aryl methyl sites for hydroxylation is 1. The Bertz CT molecular complexity index is 968. The Morgan fingerprint density at radius 2 is 1.76 bits per heavy atom. The molecule has 2 aromatic carbocycles. The Labute approximate surface area is 174 Å². The second-order valence-corrected chi connectivity index (χ2v) is 8.83. The zero-order chi connectivity index (χ0) is 20.0. The molecule has 0 aromatic heterocycles. The first-order chi connectivity index (χ1) is 14.1. The van der Waals surface area contributed by atoms with Crippen molar-refractivity contribution in [3.8, 4) is 0 Å². The van der Waals surface area contributed by atoms with Crippen molar-refractivity contribution in [2.24, 2.45) is 4.99 Å². The molecule has 1 atom stereocenters. The van der Waals surface area contributed by atoms with Crippen molar-refractivity contribution in [1.29, 1.82) is 0 Å². The normalized spacial score (nSPS) is 22.8. The molecule has 0 N–H and O–H groups in total. The van der Waals surface area contributed by atoms with Crippen LogP contribution in [0.25, 0.3) is 16.5 Å². The molecule has 2 fully saturated rings. The molecule has 152 valence electrons. The predicted molar refractivity (Wildman–Crippen MR) is 123 cm³/mol. The zero-order valence-corrected chi connectivity index (χ0v) is 17.8. The van der Waals surface area contributed by atoms with E-state index < -0.39 is 0 Å².